The lowest BCUT2D eigenvalue weighted by Crippen LogP contribution is -2.52. The SMILES string of the molecule is O=C1CCC(N2Cc3ccc(C(=O)Nc4ccc5c(c4)CNC5)cc3C2=O)C(=O)N1. The van der Waals surface area contributed by atoms with Crippen LogP contribution in [-0.2, 0) is 29.2 Å². The standard InChI is InChI=1S/C22H20N4O4/c27-19-6-5-18(21(29)25-19)26-11-14-2-1-12(8-17(14)22(26)30)20(28)24-16-4-3-13-9-23-10-15(13)7-16/h1-4,7-8,18,23H,5-6,9-11H2,(H,24,28)(H,25,27,29). The molecule has 0 radical (unpaired) electrons. The smallest absolute Gasteiger partial charge is 0.255 e. The van der Waals surface area contributed by atoms with Crippen LogP contribution in [0.1, 0.15) is 50.2 Å². The molecule has 30 heavy (non-hydrogen) atoms. The zero-order chi connectivity index (χ0) is 20.8. The van der Waals surface area contributed by atoms with E-state index in [4.69, 9.17) is 0 Å². The summed E-state index contributed by atoms with van der Waals surface area (Å²) in [4.78, 5) is 50.7. The molecule has 1 atom stereocenters. The normalized spacial score (nSPS) is 20.1. The topological polar surface area (TPSA) is 108 Å². The van der Waals surface area contributed by atoms with Crippen molar-refractivity contribution in [1.29, 1.82) is 0 Å². The number of fused-ring (bicyclic) bond motifs is 2. The largest absolute Gasteiger partial charge is 0.322 e. The molecule has 3 N–H and O–H groups in total. The summed E-state index contributed by atoms with van der Waals surface area (Å²) in [6.45, 7) is 1.91. The Hall–Kier alpha value is -3.52. The average molecular weight is 404 g/mol. The van der Waals surface area contributed by atoms with E-state index in [-0.39, 0.29) is 24.1 Å². The van der Waals surface area contributed by atoms with Gasteiger partial charge in [0.1, 0.15) is 6.04 Å². The van der Waals surface area contributed by atoms with Crippen molar-refractivity contribution in [3.8, 4) is 0 Å². The van der Waals surface area contributed by atoms with Crippen molar-refractivity contribution in [1.82, 2.24) is 15.5 Å². The molecule has 3 aliphatic heterocycles. The molecule has 1 fully saturated rings. The van der Waals surface area contributed by atoms with Crippen LogP contribution in [0.25, 0.3) is 0 Å². The average Bonchev–Trinajstić information content (AvgIpc) is 3.32. The fourth-order valence-corrected chi connectivity index (χ4v) is 4.27. The number of amides is 4. The molecule has 0 bridgehead atoms. The molecule has 1 unspecified atom stereocenters. The van der Waals surface area contributed by atoms with E-state index in [0.717, 1.165) is 24.2 Å². The van der Waals surface area contributed by atoms with Crippen molar-refractivity contribution in [2.24, 2.45) is 0 Å². The van der Waals surface area contributed by atoms with Crippen molar-refractivity contribution < 1.29 is 19.2 Å². The van der Waals surface area contributed by atoms with Crippen molar-refractivity contribution in [3.05, 3.63) is 64.2 Å². The third-order valence-corrected chi connectivity index (χ3v) is 5.89. The number of imide groups is 1. The number of nitrogens with zero attached hydrogens (tertiary/aromatic N) is 1. The first-order chi connectivity index (χ1) is 14.5. The first-order valence-corrected chi connectivity index (χ1v) is 9.91. The summed E-state index contributed by atoms with van der Waals surface area (Å²) in [7, 11) is 0. The Morgan fingerprint density at radius 3 is 2.63 bits per heavy atom. The molecular weight excluding hydrogens is 384 g/mol. The highest BCUT2D eigenvalue weighted by Crippen LogP contribution is 2.28. The molecule has 0 aromatic heterocycles. The fourth-order valence-electron chi connectivity index (χ4n) is 4.27. The van der Waals surface area contributed by atoms with E-state index in [9.17, 15) is 19.2 Å². The molecule has 0 saturated carbocycles. The molecule has 3 aliphatic rings. The Kier molecular flexibility index (Phi) is 4.36. The Bertz CT molecular complexity index is 1110. The van der Waals surface area contributed by atoms with Gasteiger partial charge in [-0.05, 0) is 47.4 Å². The second kappa shape index (κ2) is 7.07. The summed E-state index contributed by atoms with van der Waals surface area (Å²) in [6, 6.07) is 10.2. The lowest BCUT2D eigenvalue weighted by Gasteiger charge is -2.29. The minimum absolute atomic E-state index is 0.209. The number of rotatable bonds is 3. The van der Waals surface area contributed by atoms with Gasteiger partial charge in [0.2, 0.25) is 11.8 Å². The number of hydrogen-bond acceptors (Lipinski definition) is 5. The highest BCUT2D eigenvalue weighted by atomic mass is 16.2. The van der Waals surface area contributed by atoms with Gasteiger partial charge in [-0.3, -0.25) is 24.5 Å². The van der Waals surface area contributed by atoms with Gasteiger partial charge in [0.15, 0.2) is 0 Å². The van der Waals surface area contributed by atoms with Gasteiger partial charge in [0.25, 0.3) is 11.8 Å². The van der Waals surface area contributed by atoms with Gasteiger partial charge >= 0.3 is 0 Å². The highest BCUT2D eigenvalue weighted by Gasteiger charge is 2.39. The molecule has 3 heterocycles. The molecule has 152 valence electrons. The van der Waals surface area contributed by atoms with E-state index in [1.165, 1.54) is 10.5 Å². The fraction of sp³-hybridized carbons (Fsp3) is 0.273. The third kappa shape index (κ3) is 3.15. The van der Waals surface area contributed by atoms with Gasteiger partial charge < -0.3 is 15.5 Å². The van der Waals surface area contributed by atoms with Crippen molar-refractivity contribution >= 4 is 29.3 Å². The molecule has 8 heteroatoms. The van der Waals surface area contributed by atoms with E-state index < -0.39 is 11.9 Å². The number of nitrogens with one attached hydrogen (secondary N) is 3. The number of benzene rings is 2. The Morgan fingerprint density at radius 2 is 1.80 bits per heavy atom. The molecule has 8 nitrogen and oxygen atoms in total. The summed E-state index contributed by atoms with van der Waals surface area (Å²) in [5.41, 5.74) is 4.67. The molecule has 5 rings (SSSR count). The summed E-state index contributed by atoms with van der Waals surface area (Å²) in [5, 5.41) is 8.44. The maximum atomic E-state index is 12.9. The second-order valence-electron chi connectivity index (χ2n) is 7.81. The summed E-state index contributed by atoms with van der Waals surface area (Å²) < 4.78 is 0. The maximum Gasteiger partial charge on any atom is 0.255 e. The predicted octanol–water partition coefficient (Wildman–Crippen LogP) is 1.30. The van der Waals surface area contributed by atoms with Crippen molar-refractivity contribution in [2.75, 3.05) is 5.32 Å². The molecule has 1 saturated heterocycles. The number of hydrogen-bond donors (Lipinski definition) is 3. The van der Waals surface area contributed by atoms with Crippen LogP contribution in [0.5, 0.6) is 0 Å². The Labute approximate surface area is 172 Å². The van der Waals surface area contributed by atoms with Crippen LogP contribution in [0.3, 0.4) is 0 Å². The minimum atomic E-state index is -0.667. The number of carbonyl (C=O) groups is 4. The number of piperidine rings is 1. The molecule has 0 spiro atoms. The number of carbonyl (C=O) groups excluding carboxylic acids is 4. The van der Waals surface area contributed by atoms with E-state index in [1.807, 2.05) is 18.2 Å². The Balaban J connectivity index is 1.34. The quantitative estimate of drug-likeness (QED) is 0.669. The van der Waals surface area contributed by atoms with E-state index in [0.29, 0.717) is 29.8 Å². The first-order valence-electron chi connectivity index (χ1n) is 9.91. The summed E-state index contributed by atoms with van der Waals surface area (Å²) in [6.07, 6.45) is 0.519. The molecule has 4 amide bonds. The lowest BCUT2D eigenvalue weighted by molar-refractivity contribution is -0.136. The van der Waals surface area contributed by atoms with E-state index in [2.05, 4.69) is 16.0 Å². The van der Waals surface area contributed by atoms with Crippen molar-refractivity contribution in [3.63, 3.8) is 0 Å². The molecule has 0 aliphatic carbocycles. The van der Waals surface area contributed by atoms with Crippen LogP contribution in [0.15, 0.2) is 36.4 Å². The first kappa shape index (κ1) is 18.5. The summed E-state index contributed by atoms with van der Waals surface area (Å²) in [5.74, 6) is -1.35. The molecule has 2 aromatic rings. The molecular formula is C22H20N4O4. The maximum absolute atomic E-state index is 12.9. The minimum Gasteiger partial charge on any atom is -0.322 e. The van der Waals surface area contributed by atoms with Crippen LogP contribution in [0.2, 0.25) is 0 Å². The van der Waals surface area contributed by atoms with Gasteiger partial charge in [-0.15, -0.1) is 0 Å². The Morgan fingerprint density at radius 1 is 1.00 bits per heavy atom. The summed E-state index contributed by atoms with van der Waals surface area (Å²) >= 11 is 0. The van der Waals surface area contributed by atoms with Gasteiger partial charge in [-0.2, -0.15) is 0 Å². The second-order valence-corrected chi connectivity index (χ2v) is 7.81. The third-order valence-electron chi connectivity index (χ3n) is 5.89. The van der Waals surface area contributed by atoms with Crippen molar-refractivity contribution in [2.45, 2.75) is 38.5 Å². The predicted molar refractivity (Wildman–Crippen MR) is 107 cm³/mol. The highest BCUT2D eigenvalue weighted by molar-refractivity contribution is 6.08. The van der Waals surface area contributed by atoms with Crippen LogP contribution >= 0.6 is 0 Å². The molecule has 2 aromatic carbocycles. The van der Waals surface area contributed by atoms with Gasteiger partial charge in [0, 0.05) is 42.9 Å². The van der Waals surface area contributed by atoms with Crippen LogP contribution in [0, 0.1) is 0 Å². The van der Waals surface area contributed by atoms with Gasteiger partial charge in [-0.1, -0.05) is 12.1 Å². The monoisotopic (exact) mass is 404 g/mol. The lowest BCUT2D eigenvalue weighted by atomic mass is 10.0. The van der Waals surface area contributed by atoms with Gasteiger partial charge in [-0.25, -0.2) is 0 Å². The van der Waals surface area contributed by atoms with E-state index in [1.54, 1.807) is 18.2 Å². The van der Waals surface area contributed by atoms with Gasteiger partial charge in [0.05, 0.1) is 0 Å². The van der Waals surface area contributed by atoms with Crippen LogP contribution < -0.4 is 16.0 Å². The zero-order valence-corrected chi connectivity index (χ0v) is 16.2. The van der Waals surface area contributed by atoms with E-state index >= 15 is 0 Å². The van der Waals surface area contributed by atoms with Crippen LogP contribution in [-0.4, -0.2) is 34.6 Å². The zero-order valence-electron chi connectivity index (χ0n) is 16.2. The number of anilines is 1. The van der Waals surface area contributed by atoms with Crippen LogP contribution in [0.4, 0.5) is 5.69 Å².